The van der Waals surface area contributed by atoms with Crippen LogP contribution in [0.3, 0.4) is 0 Å². The average Bonchev–Trinajstić information content (AvgIpc) is 2.72. The third kappa shape index (κ3) is 14.7. The van der Waals surface area contributed by atoms with Gasteiger partial charge in [0.15, 0.2) is 0 Å². The maximum Gasteiger partial charge on any atom is 1.00 e. The van der Waals surface area contributed by atoms with E-state index < -0.39 is 46.7 Å². The van der Waals surface area contributed by atoms with Crippen molar-refractivity contribution >= 4 is 16.4 Å². The molecule has 0 fully saturated rings. The summed E-state index contributed by atoms with van der Waals surface area (Å²) in [4.78, 5) is 11.3. The van der Waals surface area contributed by atoms with Crippen LogP contribution in [0.1, 0.15) is 46.0 Å². The summed E-state index contributed by atoms with van der Waals surface area (Å²) in [7, 11) is -5.01. The molecule has 10 heteroatoms. The molecule has 33 heavy (non-hydrogen) atoms. The molecule has 180 valence electrons. The number of carbonyl (C=O) groups is 1. The minimum atomic E-state index is -5.01. The zero-order valence-corrected chi connectivity index (χ0v) is 22.3. The van der Waals surface area contributed by atoms with Crippen molar-refractivity contribution in [3.8, 4) is 0 Å². The molecule has 0 saturated carbocycles. The molecule has 1 heterocycles. The predicted octanol–water partition coefficient (Wildman–Crippen LogP) is -0.129. The molecule has 1 rings (SSSR count). The average molecular weight is 493 g/mol. The minimum Gasteiger partial charge on any atom is -0.726 e. The van der Waals surface area contributed by atoms with Gasteiger partial charge < -0.3 is 19.5 Å². The molecule has 5 atom stereocenters. The van der Waals surface area contributed by atoms with Crippen molar-refractivity contribution in [2.24, 2.45) is 5.92 Å². The van der Waals surface area contributed by atoms with E-state index in [9.17, 15) is 28.0 Å². The van der Waals surface area contributed by atoms with E-state index in [-0.39, 0.29) is 36.0 Å². The third-order valence-corrected chi connectivity index (χ3v) is 5.31. The molecule has 0 spiro atoms. The molecule has 0 aromatic heterocycles. The van der Waals surface area contributed by atoms with Gasteiger partial charge in [-0.05, 0) is 31.4 Å². The van der Waals surface area contributed by atoms with Gasteiger partial charge in [0, 0.05) is 12.0 Å². The quantitative estimate of drug-likeness (QED) is 0.0652. The Kier molecular flexibility index (Phi) is 16.9. The SMILES string of the molecule is CCCCC/C=C/C=C/C=C/C(O)C(C)C(C/C=C/C1OC(=O)C=CC1O)OS(=O)(=O)[O-].[Na+]. The number of aliphatic hydroxyl groups excluding tert-OH is 2. The van der Waals surface area contributed by atoms with Gasteiger partial charge in [-0.2, -0.15) is 0 Å². The second-order valence-corrected chi connectivity index (χ2v) is 8.51. The summed E-state index contributed by atoms with van der Waals surface area (Å²) in [5.41, 5.74) is 0. The number of ether oxygens (including phenoxy) is 1. The second-order valence-electron chi connectivity index (χ2n) is 7.50. The molecule has 1 aliphatic heterocycles. The van der Waals surface area contributed by atoms with Gasteiger partial charge in [-0.25, -0.2) is 13.2 Å². The van der Waals surface area contributed by atoms with Crippen LogP contribution in [-0.2, 0) is 24.1 Å². The van der Waals surface area contributed by atoms with Gasteiger partial charge in [-0.3, -0.25) is 4.18 Å². The van der Waals surface area contributed by atoms with Crippen LogP contribution in [0.25, 0.3) is 0 Å². The van der Waals surface area contributed by atoms with E-state index in [0.717, 1.165) is 18.9 Å². The monoisotopic (exact) mass is 492 g/mol. The molecule has 0 aromatic carbocycles. The van der Waals surface area contributed by atoms with E-state index in [2.05, 4.69) is 17.2 Å². The second kappa shape index (κ2) is 17.4. The van der Waals surface area contributed by atoms with Crippen LogP contribution in [0.15, 0.2) is 60.8 Å². The van der Waals surface area contributed by atoms with Crippen molar-refractivity contribution in [2.45, 2.75) is 70.4 Å². The van der Waals surface area contributed by atoms with Crippen LogP contribution in [0, 0.1) is 5.92 Å². The normalized spacial score (nSPS) is 22.2. The van der Waals surface area contributed by atoms with Crippen LogP contribution in [0.2, 0.25) is 0 Å². The number of hydrogen-bond acceptors (Lipinski definition) is 8. The number of unbranched alkanes of at least 4 members (excludes halogenated alkanes) is 3. The first-order valence-electron chi connectivity index (χ1n) is 10.7. The van der Waals surface area contributed by atoms with E-state index in [1.807, 2.05) is 12.2 Å². The Balaban J connectivity index is 0.0000102. The summed E-state index contributed by atoms with van der Waals surface area (Å²) in [5.74, 6) is -1.35. The van der Waals surface area contributed by atoms with Crippen molar-refractivity contribution in [2.75, 3.05) is 0 Å². The molecule has 0 saturated heterocycles. The fourth-order valence-corrected chi connectivity index (χ4v) is 3.47. The minimum absolute atomic E-state index is 0. The van der Waals surface area contributed by atoms with Gasteiger partial charge in [0.25, 0.3) is 0 Å². The Morgan fingerprint density at radius 2 is 1.91 bits per heavy atom. The Hall–Kier alpha value is -1.04. The zero-order valence-electron chi connectivity index (χ0n) is 19.4. The molecule has 0 amide bonds. The molecule has 0 bridgehead atoms. The first-order valence-corrected chi connectivity index (χ1v) is 12.0. The molecular formula is C23H33NaO8S. The van der Waals surface area contributed by atoms with Gasteiger partial charge in [0.2, 0.25) is 10.4 Å². The smallest absolute Gasteiger partial charge is 0.726 e. The number of esters is 1. The number of carbonyl (C=O) groups excluding carboxylic acids is 1. The topological polar surface area (TPSA) is 133 Å². The number of hydrogen-bond donors (Lipinski definition) is 2. The standard InChI is InChI=1S/C23H34O8S.Na/c1-3-4-5-6-7-8-9-10-11-13-19(24)18(2)21(31-32(27,28)29)14-12-15-22-20(25)16-17-23(26)30-22;/h7-13,15-22,24-25H,3-6,14H2,1-2H3,(H,27,28,29);/q;+1/p-1/b8-7+,10-9+,13-11+,15-12+;. The van der Waals surface area contributed by atoms with Crippen LogP contribution in [0.5, 0.6) is 0 Å². The zero-order chi connectivity index (χ0) is 24.0. The van der Waals surface area contributed by atoms with Crippen molar-refractivity contribution < 1.29 is 66.5 Å². The van der Waals surface area contributed by atoms with Crippen molar-refractivity contribution in [1.82, 2.24) is 0 Å². The van der Waals surface area contributed by atoms with Crippen LogP contribution in [0.4, 0.5) is 0 Å². The summed E-state index contributed by atoms with van der Waals surface area (Å²) in [5, 5.41) is 20.1. The Bertz CT molecular complexity index is 816. The van der Waals surface area contributed by atoms with Gasteiger partial charge in [0.1, 0.15) is 12.2 Å². The fraction of sp³-hybridized carbons (Fsp3) is 0.522. The van der Waals surface area contributed by atoms with Gasteiger partial charge in [0.05, 0.1) is 12.2 Å². The Morgan fingerprint density at radius 3 is 2.58 bits per heavy atom. The molecule has 1 aliphatic rings. The summed E-state index contributed by atoms with van der Waals surface area (Å²) in [6.07, 6.45) is 16.1. The largest absolute Gasteiger partial charge is 1.00 e. The van der Waals surface area contributed by atoms with E-state index >= 15 is 0 Å². The predicted molar refractivity (Wildman–Crippen MR) is 120 cm³/mol. The summed E-state index contributed by atoms with van der Waals surface area (Å²) in [6, 6.07) is 0. The number of aliphatic hydroxyl groups is 2. The maximum atomic E-state index is 11.3. The Labute approximate surface area is 219 Å². The summed E-state index contributed by atoms with van der Waals surface area (Å²) < 4.78 is 42.9. The first kappa shape index (κ1) is 32.0. The van der Waals surface area contributed by atoms with Crippen LogP contribution < -0.4 is 29.6 Å². The molecule has 0 aliphatic carbocycles. The number of rotatable bonds is 14. The molecular weight excluding hydrogens is 459 g/mol. The molecule has 0 radical (unpaired) electrons. The van der Waals surface area contributed by atoms with Crippen LogP contribution >= 0.6 is 0 Å². The van der Waals surface area contributed by atoms with Gasteiger partial charge in [-0.15, -0.1) is 0 Å². The molecule has 5 unspecified atom stereocenters. The van der Waals surface area contributed by atoms with E-state index in [4.69, 9.17) is 4.74 Å². The summed E-state index contributed by atoms with van der Waals surface area (Å²) >= 11 is 0. The van der Waals surface area contributed by atoms with E-state index in [1.54, 1.807) is 19.1 Å². The fourth-order valence-electron chi connectivity index (χ4n) is 2.91. The van der Waals surface area contributed by atoms with Crippen LogP contribution in [-0.4, -0.2) is 53.6 Å². The van der Waals surface area contributed by atoms with Gasteiger partial charge >= 0.3 is 35.5 Å². The molecule has 8 nitrogen and oxygen atoms in total. The van der Waals surface area contributed by atoms with Crippen molar-refractivity contribution in [3.63, 3.8) is 0 Å². The van der Waals surface area contributed by atoms with Gasteiger partial charge in [-0.1, -0.05) is 69.2 Å². The van der Waals surface area contributed by atoms with Crippen molar-refractivity contribution in [1.29, 1.82) is 0 Å². The first-order chi connectivity index (χ1) is 15.1. The molecule has 2 N–H and O–H groups in total. The number of allylic oxidation sites excluding steroid dienone is 5. The van der Waals surface area contributed by atoms with E-state index in [0.29, 0.717) is 0 Å². The van der Waals surface area contributed by atoms with E-state index in [1.165, 1.54) is 37.1 Å². The maximum absolute atomic E-state index is 11.3. The molecule has 0 aromatic rings. The van der Waals surface area contributed by atoms with Crippen molar-refractivity contribution in [3.05, 3.63) is 60.8 Å². The third-order valence-electron chi connectivity index (χ3n) is 4.83. The summed E-state index contributed by atoms with van der Waals surface area (Å²) in [6.45, 7) is 3.70. The Morgan fingerprint density at radius 1 is 1.21 bits per heavy atom. The number of cyclic esters (lactones) is 1.